The van der Waals surface area contributed by atoms with Crippen molar-refractivity contribution in [2.24, 2.45) is 0 Å². The molecule has 0 saturated heterocycles. The number of imidazole rings is 1. The van der Waals surface area contributed by atoms with E-state index in [-0.39, 0.29) is 12.3 Å². The predicted octanol–water partition coefficient (Wildman–Crippen LogP) is 1.16. The quantitative estimate of drug-likeness (QED) is 0.747. The highest BCUT2D eigenvalue weighted by molar-refractivity contribution is 5.71. The number of aromatic nitrogens is 4. The molecule has 0 aliphatic carbocycles. The molecule has 90 valence electrons. The highest BCUT2D eigenvalue weighted by Gasteiger charge is 2.06. The fourth-order valence-corrected chi connectivity index (χ4v) is 1.62. The molecule has 0 atom stereocenters. The Balaban J connectivity index is 1.87. The van der Waals surface area contributed by atoms with Crippen LogP contribution in [-0.4, -0.2) is 19.7 Å². The van der Waals surface area contributed by atoms with Gasteiger partial charge in [0.25, 0.3) is 5.56 Å². The second-order valence-electron chi connectivity index (χ2n) is 3.70. The number of hydrogen-bond donors (Lipinski definition) is 1. The lowest BCUT2D eigenvalue weighted by Crippen LogP contribution is -2.25. The summed E-state index contributed by atoms with van der Waals surface area (Å²) >= 11 is 0. The molecule has 2 heterocycles. The smallest absolute Gasteiger partial charge is 0.297 e. The molecule has 1 N–H and O–H groups in total. The number of benzene rings is 1. The summed E-state index contributed by atoms with van der Waals surface area (Å²) in [7, 11) is 0. The van der Waals surface area contributed by atoms with Gasteiger partial charge in [0.05, 0.1) is 18.0 Å². The zero-order valence-electron chi connectivity index (χ0n) is 9.41. The number of aromatic amines is 1. The molecule has 0 radical (unpaired) electrons. The number of nitrogens with zero attached hydrogens (tertiary/aromatic N) is 3. The minimum absolute atomic E-state index is 0.0612. The van der Waals surface area contributed by atoms with Crippen LogP contribution in [0, 0.1) is 0 Å². The molecule has 0 amide bonds. The van der Waals surface area contributed by atoms with Gasteiger partial charge >= 0.3 is 0 Å². The van der Waals surface area contributed by atoms with Crippen LogP contribution < -0.4 is 10.3 Å². The summed E-state index contributed by atoms with van der Waals surface area (Å²) in [5.41, 5.74) is 0.710. The van der Waals surface area contributed by atoms with Gasteiger partial charge in [0, 0.05) is 0 Å². The van der Waals surface area contributed by atoms with Crippen molar-refractivity contribution >= 4 is 11.0 Å². The standard InChI is InChI=1S/C12H10N4O2/c17-12-11-10(13-7-14-11)6-15-16(12)8-18-9-4-2-1-3-5-9/h1-7H,8H2,(H,13,14). The maximum Gasteiger partial charge on any atom is 0.297 e. The molecule has 2 aromatic heterocycles. The van der Waals surface area contributed by atoms with Gasteiger partial charge in [-0.3, -0.25) is 4.79 Å². The minimum atomic E-state index is -0.273. The van der Waals surface area contributed by atoms with E-state index < -0.39 is 0 Å². The summed E-state index contributed by atoms with van der Waals surface area (Å²) in [6.45, 7) is 0.0612. The Hall–Kier alpha value is -2.63. The number of nitrogens with one attached hydrogen (secondary N) is 1. The first-order valence-electron chi connectivity index (χ1n) is 5.41. The zero-order valence-corrected chi connectivity index (χ0v) is 9.41. The van der Waals surface area contributed by atoms with E-state index in [1.807, 2.05) is 30.3 Å². The van der Waals surface area contributed by atoms with E-state index in [9.17, 15) is 4.79 Å². The Labute approximate surface area is 102 Å². The first-order valence-corrected chi connectivity index (χ1v) is 5.41. The predicted molar refractivity (Wildman–Crippen MR) is 65.2 cm³/mol. The molecule has 6 nitrogen and oxygen atoms in total. The normalized spacial score (nSPS) is 10.7. The van der Waals surface area contributed by atoms with Crippen molar-refractivity contribution in [3.63, 3.8) is 0 Å². The van der Waals surface area contributed by atoms with Crippen molar-refractivity contribution in [1.29, 1.82) is 0 Å². The van der Waals surface area contributed by atoms with Gasteiger partial charge in [-0.2, -0.15) is 9.78 Å². The van der Waals surface area contributed by atoms with Gasteiger partial charge in [-0.05, 0) is 12.1 Å². The highest BCUT2D eigenvalue weighted by Crippen LogP contribution is 2.08. The lowest BCUT2D eigenvalue weighted by molar-refractivity contribution is 0.215. The Bertz CT molecular complexity index is 718. The van der Waals surface area contributed by atoms with Gasteiger partial charge < -0.3 is 9.72 Å². The highest BCUT2D eigenvalue weighted by atomic mass is 16.5. The first-order chi connectivity index (χ1) is 8.84. The van der Waals surface area contributed by atoms with Crippen molar-refractivity contribution in [3.8, 4) is 5.75 Å². The van der Waals surface area contributed by atoms with Gasteiger partial charge in [0.1, 0.15) is 5.75 Å². The number of H-pyrrole nitrogens is 1. The number of rotatable bonds is 3. The van der Waals surface area contributed by atoms with Crippen LogP contribution in [0.15, 0.2) is 47.7 Å². The largest absolute Gasteiger partial charge is 0.471 e. The molecule has 0 aliphatic heterocycles. The van der Waals surface area contributed by atoms with Gasteiger partial charge in [-0.15, -0.1) is 0 Å². The molecule has 0 unspecified atom stereocenters. The maximum absolute atomic E-state index is 11.9. The fourth-order valence-electron chi connectivity index (χ4n) is 1.62. The van der Waals surface area contributed by atoms with Gasteiger partial charge in [-0.25, -0.2) is 4.98 Å². The average Bonchev–Trinajstić information content (AvgIpc) is 2.88. The number of ether oxygens (including phenoxy) is 1. The van der Waals surface area contributed by atoms with Crippen molar-refractivity contribution in [2.45, 2.75) is 6.73 Å². The van der Waals surface area contributed by atoms with E-state index in [4.69, 9.17) is 4.74 Å². The van der Waals surface area contributed by atoms with Gasteiger partial charge in [0.2, 0.25) is 0 Å². The summed E-state index contributed by atoms with van der Waals surface area (Å²) in [6, 6.07) is 9.26. The number of fused-ring (bicyclic) bond motifs is 1. The van der Waals surface area contributed by atoms with Crippen molar-refractivity contribution in [2.75, 3.05) is 0 Å². The molecule has 0 spiro atoms. The molecular weight excluding hydrogens is 232 g/mol. The molecule has 0 aliphatic rings. The van der Waals surface area contributed by atoms with Crippen LogP contribution in [0.25, 0.3) is 11.0 Å². The van der Waals surface area contributed by atoms with Crippen molar-refractivity contribution in [1.82, 2.24) is 19.7 Å². The molecule has 0 bridgehead atoms. The minimum Gasteiger partial charge on any atom is -0.471 e. The summed E-state index contributed by atoms with van der Waals surface area (Å²) < 4.78 is 6.69. The second kappa shape index (κ2) is 4.33. The van der Waals surface area contributed by atoms with E-state index in [0.29, 0.717) is 16.8 Å². The number of hydrogen-bond acceptors (Lipinski definition) is 4. The van der Waals surface area contributed by atoms with Crippen LogP contribution >= 0.6 is 0 Å². The van der Waals surface area contributed by atoms with Crippen LogP contribution in [0.5, 0.6) is 5.75 Å². The summed E-state index contributed by atoms with van der Waals surface area (Å²) in [5, 5.41) is 4.00. The lowest BCUT2D eigenvalue weighted by Gasteiger charge is -2.06. The lowest BCUT2D eigenvalue weighted by atomic mass is 10.3. The van der Waals surface area contributed by atoms with Crippen molar-refractivity contribution < 1.29 is 4.74 Å². The molecule has 6 heteroatoms. The Morgan fingerprint density at radius 3 is 2.94 bits per heavy atom. The molecule has 0 saturated carbocycles. The SMILES string of the molecule is O=c1c2nc[nH]c2cnn1COc1ccccc1. The Kier molecular flexibility index (Phi) is 2.53. The second-order valence-corrected chi connectivity index (χ2v) is 3.70. The van der Waals surface area contributed by atoms with E-state index in [0.717, 1.165) is 0 Å². The van der Waals surface area contributed by atoms with E-state index in [2.05, 4.69) is 15.1 Å². The maximum atomic E-state index is 11.9. The van der Waals surface area contributed by atoms with E-state index >= 15 is 0 Å². The first kappa shape index (κ1) is 10.5. The van der Waals surface area contributed by atoms with Crippen molar-refractivity contribution in [3.05, 3.63) is 53.2 Å². The molecule has 3 aromatic rings. The monoisotopic (exact) mass is 242 g/mol. The van der Waals surface area contributed by atoms with Crippen LogP contribution in [0.2, 0.25) is 0 Å². The van der Waals surface area contributed by atoms with E-state index in [1.54, 1.807) is 6.20 Å². The molecule has 0 fully saturated rings. The van der Waals surface area contributed by atoms with E-state index in [1.165, 1.54) is 11.0 Å². The Morgan fingerprint density at radius 1 is 1.28 bits per heavy atom. The molecule has 3 rings (SSSR count). The summed E-state index contributed by atoms with van der Waals surface area (Å²) in [6.07, 6.45) is 3.02. The fraction of sp³-hybridized carbons (Fsp3) is 0.0833. The molecular formula is C12H10N4O2. The van der Waals surface area contributed by atoms with Crippen LogP contribution in [0.1, 0.15) is 0 Å². The molecule has 1 aromatic carbocycles. The topological polar surface area (TPSA) is 72.8 Å². The Morgan fingerprint density at radius 2 is 2.11 bits per heavy atom. The van der Waals surface area contributed by atoms with Crippen LogP contribution in [-0.2, 0) is 6.73 Å². The van der Waals surface area contributed by atoms with Crippen LogP contribution in [0.3, 0.4) is 0 Å². The van der Waals surface area contributed by atoms with Gasteiger partial charge in [0.15, 0.2) is 12.2 Å². The zero-order chi connectivity index (χ0) is 12.4. The third-order valence-electron chi connectivity index (χ3n) is 2.53. The third kappa shape index (κ3) is 1.84. The summed E-state index contributed by atoms with van der Waals surface area (Å²) in [5.74, 6) is 0.688. The molecule has 18 heavy (non-hydrogen) atoms. The third-order valence-corrected chi connectivity index (χ3v) is 2.53. The van der Waals surface area contributed by atoms with Gasteiger partial charge in [-0.1, -0.05) is 18.2 Å². The number of para-hydroxylation sites is 1. The average molecular weight is 242 g/mol. The summed E-state index contributed by atoms with van der Waals surface area (Å²) in [4.78, 5) is 18.7. The van der Waals surface area contributed by atoms with Crippen LogP contribution in [0.4, 0.5) is 0 Å².